The molecule has 180 valence electrons. The van der Waals surface area contributed by atoms with Crippen LogP contribution in [0.25, 0.3) is 11.1 Å². The number of ether oxygens (including phenoxy) is 1. The van der Waals surface area contributed by atoms with Crippen molar-refractivity contribution in [2.75, 3.05) is 6.61 Å². The van der Waals surface area contributed by atoms with Crippen LogP contribution in [0.3, 0.4) is 0 Å². The number of aliphatic carboxylic acids is 1. The molecule has 3 N–H and O–H groups in total. The summed E-state index contributed by atoms with van der Waals surface area (Å²) in [7, 11) is 0. The summed E-state index contributed by atoms with van der Waals surface area (Å²) in [5.74, 6) is -1.51. The minimum atomic E-state index is -0.980. The van der Waals surface area contributed by atoms with Crippen molar-refractivity contribution in [2.45, 2.75) is 57.0 Å². The lowest BCUT2D eigenvalue weighted by Crippen LogP contribution is -2.50. The number of carbonyl (C=O) groups excluding carboxylic acids is 2. The van der Waals surface area contributed by atoms with Gasteiger partial charge in [0.25, 0.3) is 0 Å². The first kappa shape index (κ1) is 25.0. The summed E-state index contributed by atoms with van der Waals surface area (Å²) < 4.78 is 5.54. The average molecular weight is 465 g/mol. The number of carboxylic acid groups (broad SMARTS) is 1. The van der Waals surface area contributed by atoms with Crippen molar-refractivity contribution in [1.29, 1.82) is 0 Å². The number of amides is 2. The number of carboxylic acids is 1. The van der Waals surface area contributed by atoms with Crippen LogP contribution in [0.1, 0.15) is 56.1 Å². The smallest absolute Gasteiger partial charge is 0.407 e. The molecule has 34 heavy (non-hydrogen) atoms. The summed E-state index contributed by atoms with van der Waals surface area (Å²) >= 11 is 0. The molecule has 1 aliphatic carbocycles. The topological polar surface area (TPSA) is 105 Å². The molecule has 7 heteroatoms. The van der Waals surface area contributed by atoms with Gasteiger partial charge in [-0.3, -0.25) is 9.59 Å². The highest BCUT2D eigenvalue weighted by atomic mass is 16.5. The number of rotatable bonds is 12. The van der Waals surface area contributed by atoms with E-state index in [2.05, 4.69) is 29.3 Å². The molecule has 0 fully saturated rings. The van der Waals surface area contributed by atoms with Crippen molar-refractivity contribution >= 4 is 18.0 Å². The molecular weight excluding hydrogens is 432 g/mol. The quantitative estimate of drug-likeness (QED) is 0.398. The minimum absolute atomic E-state index is 0.0844. The Morgan fingerprint density at radius 1 is 1.06 bits per heavy atom. The third-order valence-corrected chi connectivity index (χ3v) is 6.03. The van der Waals surface area contributed by atoms with Crippen molar-refractivity contribution in [1.82, 2.24) is 10.6 Å². The molecule has 0 radical (unpaired) electrons. The summed E-state index contributed by atoms with van der Waals surface area (Å²) in [5.41, 5.74) is 4.47. The van der Waals surface area contributed by atoms with E-state index in [1.165, 1.54) is 6.08 Å². The highest BCUT2D eigenvalue weighted by Crippen LogP contribution is 2.44. The largest absolute Gasteiger partial charge is 0.481 e. The standard InChI is InChI=1S/C27H32N2O5/c1-3-5-11-18(16-25(30)31)28-26(32)24(10-4-2)29-27(33)34-17-23-21-14-8-6-12-19(21)20-13-7-9-15-22(20)23/h4,6-9,12-15,18,23-24H,2-3,5,10-11,16-17H2,1H3,(H,28,32)(H,29,33)(H,30,31)/t18-,24?/m0/s1. The molecule has 0 heterocycles. The van der Waals surface area contributed by atoms with Crippen LogP contribution in [0, 0.1) is 0 Å². The Hall–Kier alpha value is -3.61. The Bertz CT molecular complexity index is 990. The maximum atomic E-state index is 12.8. The van der Waals surface area contributed by atoms with Gasteiger partial charge in [-0.1, -0.05) is 74.4 Å². The summed E-state index contributed by atoms with van der Waals surface area (Å²) in [5, 5.41) is 14.5. The number of alkyl carbamates (subject to hydrolysis) is 1. The lowest BCUT2D eigenvalue weighted by molar-refractivity contribution is -0.137. The van der Waals surface area contributed by atoms with Crippen LogP contribution >= 0.6 is 0 Å². The SMILES string of the molecule is C=CCC(NC(=O)OCC1c2ccccc2-c2ccccc21)C(=O)N[C@@H](CCCC)CC(=O)O. The van der Waals surface area contributed by atoms with E-state index in [1.807, 2.05) is 43.3 Å². The summed E-state index contributed by atoms with van der Waals surface area (Å²) in [4.78, 5) is 36.6. The summed E-state index contributed by atoms with van der Waals surface area (Å²) in [6.45, 7) is 5.80. The Kier molecular flexibility index (Phi) is 8.85. The van der Waals surface area contributed by atoms with Crippen molar-refractivity contribution in [2.24, 2.45) is 0 Å². The molecule has 7 nitrogen and oxygen atoms in total. The van der Waals surface area contributed by atoms with Gasteiger partial charge in [0.1, 0.15) is 12.6 Å². The molecule has 0 aromatic heterocycles. The number of nitrogens with one attached hydrogen (secondary N) is 2. The molecule has 0 bridgehead atoms. The number of hydrogen-bond acceptors (Lipinski definition) is 4. The molecule has 2 atom stereocenters. The van der Waals surface area contributed by atoms with Gasteiger partial charge in [-0.2, -0.15) is 0 Å². The maximum absolute atomic E-state index is 12.8. The van der Waals surface area contributed by atoms with E-state index in [0.29, 0.717) is 6.42 Å². The lowest BCUT2D eigenvalue weighted by atomic mass is 9.98. The zero-order chi connectivity index (χ0) is 24.5. The molecule has 0 saturated heterocycles. The van der Waals surface area contributed by atoms with Crippen molar-refractivity contribution < 1.29 is 24.2 Å². The zero-order valence-electron chi connectivity index (χ0n) is 19.5. The van der Waals surface area contributed by atoms with E-state index in [9.17, 15) is 14.4 Å². The summed E-state index contributed by atoms with van der Waals surface area (Å²) in [6.07, 6.45) is 3.10. The fourth-order valence-corrected chi connectivity index (χ4v) is 4.37. The fraction of sp³-hybridized carbons (Fsp3) is 0.370. The zero-order valence-corrected chi connectivity index (χ0v) is 19.5. The van der Waals surface area contributed by atoms with Gasteiger partial charge < -0.3 is 20.5 Å². The summed E-state index contributed by atoms with van der Waals surface area (Å²) in [6, 6.07) is 14.7. The lowest BCUT2D eigenvalue weighted by Gasteiger charge is -2.22. The molecule has 0 spiro atoms. The predicted octanol–water partition coefficient (Wildman–Crippen LogP) is 4.62. The van der Waals surface area contributed by atoms with E-state index >= 15 is 0 Å². The molecule has 0 aliphatic heterocycles. The highest BCUT2D eigenvalue weighted by Gasteiger charge is 2.30. The fourth-order valence-electron chi connectivity index (χ4n) is 4.37. The van der Waals surface area contributed by atoms with E-state index in [-0.39, 0.29) is 25.4 Å². The monoisotopic (exact) mass is 464 g/mol. The van der Waals surface area contributed by atoms with Gasteiger partial charge in [-0.25, -0.2) is 4.79 Å². The number of hydrogen-bond donors (Lipinski definition) is 3. The second-order valence-electron chi connectivity index (χ2n) is 8.49. The molecular formula is C27H32N2O5. The van der Waals surface area contributed by atoms with Gasteiger partial charge in [-0.15, -0.1) is 6.58 Å². The van der Waals surface area contributed by atoms with E-state index in [0.717, 1.165) is 35.1 Å². The molecule has 2 aromatic rings. The van der Waals surface area contributed by atoms with Crippen molar-refractivity contribution in [3.8, 4) is 11.1 Å². The van der Waals surface area contributed by atoms with Crippen LogP contribution in [0.15, 0.2) is 61.2 Å². The van der Waals surface area contributed by atoms with Gasteiger partial charge >= 0.3 is 12.1 Å². The Labute approximate surface area is 200 Å². The first-order valence-electron chi connectivity index (χ1n) is 11.7. The first-order valence-corrected chi connectivity index (χ1v) is 11.7. The number of carbonyl (C=O) groups is 3. The average Bonchev–Trinajstić information content (AvgIpc) is 3.14. The second-order valence-corrected chi connectivity index (χ2v) is 8.49. The van der Waals surface area contributed by atoms with Gasteiger partial charge in [0, 0.05) is 12.0 Å². The maximum Gasteiger partial charge on any atom is 0.407 e. The van der Waals surface area contributed by atoms with E-state index in [4.69, 9.17) is 9.84 Å². The minimum Gasteiger partial charge on any atom is -0.481 e. The van der Waals surface area contributed by atoms with Crippen LogP contribution in [-0.4, -0.2) is 41.8 Å². The van der Waals surface area contributed by atoms with Gasteiger partial charge in [0.05, 0.1) is 6.42 Å². The molecule has 3 rings (SSSR count). The third kappa shape index (κ3) is 6.25. The normalized spacial score (nSPS) is 13.8. The molecule has 2 amide bonds. The number of benzene rings is 2. The van der Waals surface area contributed by atoms with Crippen LogP contribution in [0.4, 0.5) is 4.79 Å². The Balaban J connectivity index is 1.62. The van der Waals surface area contributed by atoms with Crippen LogP contribution in [-0.2, 0) is 14.3 Å². The van der Waals surface area contributed by atoms with E-state index in [1.54, 1.807) is 0 Å². The molecule has 0 saturated carbocycles. The van der Waals surface area contributed by atoms with Crippen molar-refractivity contribution in [3.63, 3.8) is 0 Å². The number of unbranched alkanes of at least 4 members (excludes halogenated alkanes) is 1. The van der Waals surface area contributed by atoms with Gasteiger partial charge in [-0.05, 0) is 35.1 Å². The van der Waals surface area contributed by atoms with Crippen molar-refractivity contribution in [3.05, 3.63) is 72.3 Å². The van der Waals surface area contributed by atoms with E-state index < -0.39 is 30.1 Å². The molecule has 1 unspecified atom stereocenters. The second kappa shape index (κ2) is 12.0. The predicted molar refractivity (Wildman–Crippen MR) is 131 cm³/mol. The van der Waals surface area contributed by atoms with Gasteiger partial charge in [0.15, 0.2) is 0 Å². The number of fused-ring (bicyclic) bond motifs is 3. The molecule has 1 aliphatic rings. The highest BCUT2D eigenvalue weighted by molar-refractivity contribution is 5.86. The molecule has 2 aromatic carbocycles. The first-order chi connectivity index (χ1) is 16.4. The Morgan fingerprint density at radius 3 is 2.24 bits per heavy atom. The van der Waals surface area contributed by atoms with Crippen LogP contribution in [0.2, 0.25) is 0 Å². The van der Waals surface area contributed by atoms with Crippen LogP contribution < -0.4 is 10.6 Å². The van der Waals surface area contributed by atoms with Gasteiger partial charge in [0.2, 0.25) is 5.91 Å². The third-order valence-electron chi connectivity index (χ3n) is 6.03. The van der Waals surface area contributed by atoms with Crippen LogP contribution in [0.5, 0.6) is 0 Å². The Morgan fingerprint density at radius 2 is 1.68 bits per heavy atom.